The maximum absolute atomic E-state index is 12.7. The predicted molar refractivity (Wildman–Crippen MR) is 93.3 cm³/mol. The van der Waals surface area contributed by atoms with E-state index in [1.54, 1.807) is 4.90 Å². The highest BCUT2D eigenvalue weighted by molar-refractivity contribution is 9.10. The summed E-state index contributed by atoms with van der Waals surface area (Å²) in [7, 11) is 0. The Kier molecular flexibility index (Phi) is 4.86. The number of carbonyl (C=O) groups is 1. The summed E-state index contributed by atoms with van der Waals surface area (Å²) in [5, 5.41) is 0. The van der Waals surface area contributed by atoms with Gasteiger partial charge in [0.25, 0.3) is 0 Å². The Labute approximate surface area is 144 Å². The van der Waals surface area contributed by atoms with Gasteiger partial charge in [-0.2, -0.15) is 0 Å². The van der Waals surface area contributed by atoms with Crippen molar-refractivity contribution in [1.29, 1.82) is 0 Å². The number of hydrogen-bond acceptors (Lipinski definition) is 3. The summed E-state index contributed by atoms with van der Waals surface area (Å²) in [6.45, 7) is 3.69. The molecule has 5 heteroatoms. The summed E-state index contributed by atoms with van der Waals surface area (Å²) in [4.78, 5) is 14.5. The van der Waals surface area contributed by atoms with Crippen molar-refractivity contribution in [3.8, 4) is 11.5 Å². The van der Waals surface area contributed by atoms with E-state index in [9.17, 15) is 4.79 Å². The van der Waals surface area contributed by atoms with Gasteiger partial charge in [0.05, 0.1) is 6.42 Å². The lowest BCUT2D eigenvalue weighted by atomic mass is 10.1. The predicted octanol–water partition coefficient (Wildman–Crippen LogP) is 3.82. The Morgan fingerprint density at radius 1 is 1.13 bits per heavy atom. The van der Waals surface area contributed by atoms with Crippen LogP contribution in [-0.2, 0) is 11.2 Å². The minimum absolute atomic E-state index is 0.0519. The van der Waals surface area contributed by atoms with Crippen LogP contribution in [0.1, 0.15) is 12.5 Å². The third-order valence-electron chi connectivity index (χ3n) is 3.74. The maximum atomic E-state index is 12.7. The maximum Gasteiger partial charge on any atom is 0.231 e. The van der Waals surface area contributed by atoms with Crippen LogP contribution in [0.3, 0.4) is 0 Å². The molecule has 23 heavy (non-hydrogen) atoms. The van der Waals surface area contributed by atoms with Crippen LogP contribution < -0.4 is 14.4 Å². The van der Waals surface area contributed by atoms with Gasteiger partial charge in [-0.15, -0.1) is 0 Å². The molecular weight excluding hydrogens is 358 g/mol. The molecule has 0 spiro atoms. The highest BCUT2D eigenvalue weighted by atomic mass is 79.9. The van der Waals surface area contributed by atoms with Gasteiger partial charge in [-0.05, 0) is 36.8 Å². The van der Waals surface area contributed by atoms with Crippen LogP contribution in [-0.4, -0.2) is 25.7 Å². The topological polar surface area (TPSA) is 38.8 Å². The number of likely N-dealkylation sites (N-methyl/N-ethyl adjacent to an activating group) is 1. The van der Waals surface area contributed by atoms with Gasteiger partial charge in [0.1, 0.15) is 13.2 Å². The number of amides is 1. The average molecular weight is 376 g/mol. The number of anilines is 1. The van der Waals surface area contributed by atoms with Gasteiger partial charge in [-0.25, -0.2) is 0 Å². The van der Waals surface area contributed by atoms with Crippen LogP contribution in [0.25, 0.3) is 0 Å². The molecule has 0 aromatic heterocycles. The fraction of sp³-hybridized carbons (Fsp3) is 0.278. The first-order valence-corrected chi connectivity index (χ1v) is 8.41. The molecule has 2 aromatic rings. The van der Waals surface area contributed by atoms with Crippen molar-refractivity contribution in [2.75, 3.05) is 24.7 Å². The third kappa shape index (κ3) is 3.50. The molecule has 2 aromatic carbocycles. The average Bonchev–Trinajstić information content (AvgIpc) is 2.57. The minimum atomic E-state index is 0.0519. The first-order chi connectivity index (χ1) is 11.2. The van der Waals surface area contributed by atoms with E-state index in [1.807, 2.05) is 49.4 Å². The van der Waals surface area contributed by atoms with Crippen molar-refractivity contribution in [2.24, 2.45) is 0 Å². The van der Waals surface area contributed by atoms with E-state index < -0.39 is 0 Å². The summed E-state index contributed by atoms with van der Waals surface area (Å²) < 4.78 is 12.0. The SMILES string of the molecule is CCN(C(=O)Cc1cc2c(cc1Br)OCCO2)c1ccccc1. The van der Waals surface area contributed by atoms with E-state index >= 15 is 0 Å². The zero-order chi connectivity index (χ0) is 16.2. The zero-order valence-corrected chi connectivity index (χ0v) is 14.5. The number of hydrogen-bond donors (Lipinski definition) is 0. The molecule has 0 unspecified atom stereocenters. The molecule has 1 amide bonds. The number of fused-ring (bicyclic) bond motifs is 1. The summed E-state index contributed by atoms with van der Waals surface area (Å²) in [5.74, 6) is 1.47. The molecule has 0 fully saturated rings. The van der Waals surface area contributed by atoms with Gasteiger partial charge in [0.2, 0.25) is 5.91 Å². The lowest BCUT2D eigenvalue weighted by molar-refractivity contribution is -0.117. The molecule has 0 N–H and O–H groups in total. The van der Waals surface area contributed by atoms with Crippen LogP contribution in [0.15, 0.2) is 46.9 Å². The Morgan fingerprint density at radius 2 is 1.78 bits per heavy atom. The highest BCUT2D eigenvalue weighted by Crippen LogP contribution is 2.36. The monoisotopic (exact) mass is 375 g/mol. The number of para-hydroxylation sites is 1. The van der Waals surface area contributed by atoms with Crippen LogP contribution >= 0.6 is 15.9 Å². The quantitative estimate of drug-likeness (QED) is 0.815. The fourth-order valence-electron chi connectivity index (χ4n) is 2.61. The van der Waals surface area contributed by atoms with Crippen LogP contribution in [0.5, 0.6) is 11.5 Å². The largest absolute Gasteiger partial charge is 0.486 e. The Bertz CT molecular complexity index is 703. The van der Waals surface area contributed by atoms with Crippen molar-refractivity contribution in [1.82, 2.24) is 0 Å². The van der Waals surface area contributed by atoms with Crippen LogP contribution in [0.2, 0.25) is 0 Å². The Balaban J connectivity index is 1.82. The number of halogens is 1. The van der Waals surface area contributed by atoms with Gasteiger partial charge in [0, 0.05) is 16.7 Å². The normalized spacial score (nSPS) is 12.8. The van der Waals surface area contributed by atoms with E-state index in [2.05, 4.69) is 15.9 Å². The van der Waals surface area contributed by atoms with Crippen molar-refractivity contribution in [2.45, 2.75) is 13.3 Å². The first kappa shape index (κ1) is 15.9. The number of ether oxygens (including phenoxy) is 2. The smallest absolute Gasteiger partial charge is 0.231 e. The van der Waals surface area contributed by atoms with Gasteiger partial charge in [0.15, 0.2) is 11.5 Å². The second-order valence-corrected chi connectivity index (χ2v) is 6.09. The number of benzene rings is 2. The highest BCUT2D eigenvalue weighted by Gasteiger charge is 2.19. The number of carbonyl (C=O) groups excluding carboxylic acids is 1. The molecule has 0 aliphatic carbocycles. The van der Waals surface area contributed by atoms with Gasteiger partial charge in [-0.1, -0.05) is 34.1 Å². The van der Waals surface area contributed by atoms with E-state index in [4.69, 9.17) is 9.47 Å². The second-order valence-electron chi connectivity index (χ2n) is 5.24. The van der Waals surface area contributed by atoms with Crippen molar-refractivity contribution >= 4 is 27.5 Å². The minimum Gasteiger partial charge on any atom is -0.486 e. The zero-order valence-electron chi connectivity index (χ0n) is 12.9. The van der Waals surface area contributed by atoms with E-state index in [-0.39, 0.29) is 5.91 Å². The Hall–Kier alpha value is -2.01. The van der Waals surface area contributed by atoms with Crippen molar-refractivity contribution in [3.63, 3.8) is 0 Å². The van der Waals surface area contributed by atoms with E-state index in [0.29, 0.717) is 31.9 Å². The second kappa shape index (κ2) is 7.04. The lowest BCUT2D eigenvalue weighted by Gasteiger charge is -2.23. The first-order valence-electron chi connectivity index (χ1n) is 7.62. The fourth-order valence-corrected chi connectivity index (χ4v) is 3.07. The number of rotatable bonds is 4. The van der Waals surface area contributed by atoms with E-state index in [1.165, 1.54) is 0 Å². The molecular formula is C18H18BrNO3. The molecule has 1 aliphatic rings. The molecule has 1 heterocycles. The summed E-state index contributed by atoms with van der Waals surface area (Å²) >= 11 is 3.52. The molecule has 0 radical (unpaired) electrons. The summed E-state index contributed by atoms with van der Waals surface area (Å²) in [6.07, 6.45) is 0.306. The van der Waals surface area contributed by atoms with Gasteiger partial charge < -0.3 is 14.4 Å². The lowest BCUT2D eigenvalue weighted by Crippen LogP contribution is -2.32. The summed E-state index contributed by atoms with van der Waals surface area (Å²) in [5.41, 5.74) is 1.81. The van der Waals surface area contributed by atoms with Gasteiger partial charge in [-0.3, -0.25) is 4.79 Å². The molecule has 1 aliphatic heterocycles. The Morgan fingerprint density at radius 3 is 2.43 bits per heavy atom. The molecule has 4 nitrogen and oxygen atoms in total. The molecule has 3 rings (SSSR count). The molecule has 0 atom stereocenters. The van der Waals surface area contributed by atoms with Crippen molar-refractivity contribution < 1.29 is 14.3 Å². The summed E-state index contributed by atoms with van der Waals surface area (Å²) in [6, 6.07) is 13.5. The van der Waals surface area contributed by atoms with Crippen molar-refractivity contribution in [3.05, 3.63) is 52.5 Å². The van der Waals surface area contributed by atoms with Gasteiger partial charge >= 0.3 is 0 Å². The van der Waals surface area contributed by atoms with E-state index in [0.717, 1.165) is 21.5 Å². The molecule has 0 bridgehead atoms. The van der Waals surface area contributed by atoms with Crippen LogP contribution in [0, 0.1) is 0 Å². The molecule has 120 valence electrons. The standard InChI is InChI=1S/C18H18BrNO3/c1-2-20(14-6-4-3-5-7-14)18(21)11-13-10-16-17(12-15(13)19)23-9-8-22-16/h3-7,10,12H,2,8-9,11H2,1H3. The van der Waals surface area contributed by atoms with Crippen LogP contribution in [0.4, 0.5) is 5.69 Å². The number of nitrogens with zero attached hydrogens (tertiary/aromatic N) is 1. The molecule has 0 saturated heterocycles. The molecule has 0 saturated carbocycles. The third-order valence-corrected chi connectivity index (χ3v) is 4.48.